The van der Waals surface area contributed by atoms with E-state index >= 15 is 0 Å². The molecule has 0 saturated heterocycles. The van der Waals surface area contributed by atoms with Crippen LogP contribution in [-0.4, -0.2) is 18.5 Å². The van der Waals surface area contributed by atoms with E-state index in [2.05, 4.69) is 47.6 Å². The molecule has 0 spiro atoms. The molecule has 2 nitrogen and oxygen atoms in total. The number of hydrogen-bond acceptors (Lipinski definition) is 2. The van der Waals surface area contributed by atoms with Gasteiger partial charge in [0, 0.05) is 5.33 Å². The zero-order chi connectivity index (χ0) is 16.5. The summed E-state index contributed by atoms with van der Waals surface area (Å²) in [5.74, 6) is 1.78. The Bertz CT molecular complexity index is 620. The molecule has 0 saturated carbocycles. The Hall–Kier alpha value is -1.74. The summed E-state index contributed by atoms with van der Waals surface area (Å²) in [6.45, 7) is 7.48. The highest BCUT2D eigenvalue weighted by atomic mass is 79.9. The fraction of sp³-hybridized carbons (Fsp3) is 0.300. The van der Waals surface area contributed by atoms with Crippen LogP contribution in [0.15, 0.2) is 49.0 Å². The SMILES string of the molecule is C=Cc1ccc(OCCBr)cc1-c1ccc(OCCCC)cc1. The van der Waals surface area contributed by atoms with Crippen molar-refractivity contribution >= 4 is 22.0 Å². The van der Waals surface area contributed by atoms with Crippen molar-refractivity contribution in [1.29, 1.82) is 0 Å². The van der Waals surface area contributed by atoms with E-state index in [4.69, 9.17) is 9.47 Å². The monoisotopic (exact) mass is 374 g/mol. The third kappa shape index (κ3) is 5.14. The topological polar surface area (TPSA) is 18.5 Å². The Morgan fingerprint density at radius 2 is 1.70 bits per heavy atom. The fourth-order valence-electron chi connectivity index (χ4n) is 2.27. The third-order valence-electron chi connectivity index (χ3n) is 3.52. The van der Waals surface area contributed by atoms with Gasteiger partial charge >= 0.3 is 0 Å². The highest BCUT2D eigenvalue weighted by Gasteiger charge is 2.06. The molecular formula is C20H23BrO2. The lowest BCUT2D eigenvalue weighted by atomic mass is 9.99. The van der Waals surface area contributed by atoms with Gasteiger partial charge < -0.3 is 9.47 Å². The molecule has 0 N–H and O–H groups in total. The molecule has 0 aromatic heterocycles. The fourth-order valence-corrected chi connectivity index (χ4v) is 2.44. The molecule has 0 atom stereocenters. The Labute approximate surface area is 147 Å². The first-order valence-electron chi connectivity index (χ1n) is 7.97. The quantitative estimate of drug-likeness (QED) is 0.398. The van der Waals surface area contributed by atoms with E-state index in [1.807, 2.05) is 30.3 Å². The minimum absolute atomic E-state index is 0.650. The molecule has 2 rings (SSSR count). The third-order valence-corrected chi connectivity index (χ3v) is 3.85. The van der Waals surface area contributed by atoms with E-state index in [-0.39, 0.29) is 0 Å². The van der Waals surface area contributed by atoms with Crippen LogP contribution in [-0.2, 0) is 0 Å². The van der Waals surface area contributed by atoms with Gasteiger partial charge in [0.25, 0.3) is 0 Å². The summed E-state index contributed by atoms with van der Waals surface area (Å²) >= 11 is 3.38. The Balaban J connectivity index is 2.20. The number of halogens is 1. The number of benzene rings is 2. The largest absolute Gasteiger partial charge is 0.494 e. The Morgan fingerprint density at radius 3 is 2.35 bits per heavy atom. The Morgan fingerprint density at radius 1 is 1.00 bits per heavy atom. The van der Waals surface area contributed by atoms with Crippen molar-refractivity contribution in [3.63, 3.8) is 0 Å². The first-order chi connectivity index (χ1) is 11.3. The number of alkyl halides is 1. The lowest BCUT2D eigenvalue weighted by Gasteiger charge is -2.11. The average molecular weight is 375 g/mol. The summed E-state index contributed by atoms with van der Waals surface area (Å²) in [6, 6.07) is 14.3. The molecule has 0 aliphatic rings. The first-order valence-corrected chi connectivity index (χ1v) is 9.09. The smallest absolute Gasteiger partial charge is 0.119 e. The first kappa shape index (κ1) is 17.6. The molecule has 0 bridgehead atoms. The number of hydrogen-bond donors (Lipinski definition) is 0. The molecule has 23 heavy (non-hydrogen) atoms. The van der Waals surface area contributed by atoms with Gasteiger partial charge in [-0.2, -0.15) is 0 Å². The predicted octanol–water partition coefficient (Wildman–Crippen LogP) is 5.95. The van der Waals surface area contributed by atoms with Crippen LogP contribution >= 0.6 is 15.9 Å². The zero-order valence-electron chi connectivity index (χ0n) is 13.6. The van der Waals surface area contributed by atoms with E-state index in [9.17, 15) is 0 Å². The molecule has 0 unspecified atom stereocenters. The van der Waals surface area contributed by atoms with Crippen molar-refractivity contribution in [3.05, 3.63) is 54.6 Å². The summed E-state index contributed by atoms with van der Waals surface area (Å²) in [4.78, 5) is 0. The van der Waals surface area contributed by atoms with E-state index in [1.54, 1.807) is 0 Å². The van der Waals surface area contributed by atoms with E-state index in [0.717, 1.165) is 53.0 Å². The minimum Gasteiger partial charge on any atom is -0.494 e. The van der Waals surface area contributed by atoms with Crippen LogP contribution < -0.4 is 9.47 Å². The van der Waals surface area contributed by atoms with Crippen molar-refractivity contribution in [2.45, 2.75) is 19.8 Å². The standard InChI is InChI=1S/C20H23BrO2/c1-3-5-13-22-18-9-7-17(8-10-18)20-15-19(23-14-12-21)11-6-16(20)4-2/h4,6-11,15H,2-3,5,12-14H2,1H3. The lowest BCUT2D eigenvalue weighted by Crippen LogP contribution is -1.98. The molecule has 3 heteroatoms. The molecule has 0 fully saturated rings. The molecule has 0 aliphatic heterocycles. The van der Waals surface area contributed by atoms with Crippen LogP contribution in [0.25, 0.3) is 17.2 Å². The Kier molecular flexibility index (Phi) is 7.21. The molecular weight excluding hydrogens is 352 g/mol. The average Bonchev–Trinajstić information content (AvgIpc) is 2.60. The number of unbranched alkanes of at least 4 members (excludes halogenated alkanes) is 1. The summed E-state index contributed by atoms with van der Waals surface area (Å²) < 4.78 is 11.4. The van der Waals surface area contributed by atoms with Crippen LogP contribution in [0.5, 0.6) is 11.5 Å². The van der Waals surface area contributed by atoms with Gasteiger partial charge in [-0.25, -0.2) is 0 Å². The van der Waals surface area contributed by atoms with Crippen LogP contribution in [0.4, 0.5) is 0 Å². The minimum atomic E-state index is 0.650. The van der Waals surface area contributed by atoms with E-state index in [1.165, 1.54) is 0 Å². The number of rotatable bonds is 9. The van der Waals surface area contributed by atoms with Gasteiger partial charge in [0.05, 0.1) is 13.2 Å². The zero-order valence-corrected chi connectivity index (χ0v) is 15.1. The van der Waals surface area contributed by atoms with Gasteiger partial charge in [0.15, 0.2) is 0 Å². The van der Waals surface area contributed by atoms with E-state index < -0.39 is 0 Å². The summed E-state index contributed by atoms with van der Waals surface area (Å²) in [5, 5.41) is 0.815. The number of ether oxygens (including phenoxy) is 2. The van der Waals surface area contributed by atoms with Crippen LogP contribution in [0.2, 0.25) is 0 Å². The second kappa shape index (κ2) is 9.41. The van der Waals surface area contributed by atoms with E-state index in [0.29, 0.717) is 6.61 Å². The molecule has 2 aromatic carbocycles. The molecule has 2 aromatic rings. The summed E-state index contributed by atoms with van der Waals surface area (Å²) in [5.41, 5.74) is 3.34. The van der Waals surface area contributed by atoms with Crippen LogP contribution in [0.1, 0.15) is 25.3 Å². The normalized spacial score (nSPS) is 10.3. The predicted molar refractivity (Wildman–Crippen MR) is 102 cm³/mol. The van der Waals surface area contributed by atoms with Crippen molar-refractivity contribution in [3.8, 4) is 22.6 Å². The summed E-state index contributed by atoms with van der Waals surface area (Å²) in [6.07, 6.45) is 4.09. The molecule has 0 aliphatic carbocycles. The molecule has 0 heterocycles. The van der Waals surface area contributed by atoms with Crippen molar-refractivity contribution < 1.29 is 9.47 Å². The maximum absolute atomic E-state index is 5.72. The highest BCUT2D eigenvalue weighted by molar-refractivity contribution is 9.09. The van der Waals surface area contributed by atoms with Crippen LogP contribution in [0.3, 0.4) is 0 Å². The van der Waals surface area contributed by atoms with Gasteiger partial charge in [0.1, 0.15) is 11.5 Å². The van der Waals surface area contributed by atoms with Crippen molar-refractivity contribution in [2.24, 2.45) is 0 Å². The molecule has 0 amide bonds. The van der Waals surface area contributed by atoms with Gasteiger partial charge in [-0.3, -0.25) is 0 Å². The second-order valence-corrected chi connectivity index (χ2v) is 6.01. The molecule has 122 valence electrons. The van der Waals surface area contributed by atoms with Gasteiger partial charge in [-0.05, 0) is 47.4 Å². The van der Waals surface area contributed by atoms with Crippen molar-refractivity contribution in [1.82, 2.24) is 0 Å². The summed E-state index contributed by atoms with van der Waals surface area (Å²) in [7, 11) is 0. The van der Waals surface area contributed by atoms with Gasteiger partial charge in [0.2, 0.25) is 0 Å². The maximum Gasteiger partial charge on any atom is 0.119 e. The van der Waals surface area contributed by atoms with Crippen LogP contribution in [0, 0.1) is 0 Å². The second-order valence-electron chi connectivity index (χ2n) is 5.22. The molecule has 0 radical (unpaired) electrons. The lowest BCUT2D eigenvalue weighted by molar-refractivity contribution is 0.309. The van der Waals surface area contributed by atoms with Gasteiger partial charge in [-0.15, -0.1) is 0 Å². The highest BCUT2D eigenvalue weighted by Crippen LogP contribution is 2.30. The van der Waals surface area contributed by atoms with Gasteiger partial charge in [-0.1, -0.05) is 60.1 Å². The van der Waals surface area contributed by atoms with Crippen molar-refractivity contribution in [2.75, 3.05) is 18.5 Å². The maximum atomic E-state index is 5.72.